The highest BCUT2D eigenvalue weighted by atomic mass is 35.5. The van der Waals surface area contributed by atoms with Gasteiger partial charge in [0.1, 0.15) is 0 Å². The first kappa shape index (κ1) is 18.2. The van der Waals surface area contributed by atoms with Gasteiger partial charge in [-0.2, -0.15) is 0 Å². The molecule has 0 bridgehead atoms. The van der Waals surface area contributed by atoms with Crippen molar-refractivity contribution >= 4 is 24.2 Å². The van der Waals surface area contributed by atoms with Crippen LogP contribution >= 0.6 is 12.4 Å². The summed E-state index contributed by atoms with van der Waals surface area (Å²) in [6.45, 7) is 4.62. The zero-order valence-electron chi connectivity index (χ0n) is 11.8. The lowest BCUT2D eigenvalue weighted by Crippen LogP contribution is -2.45. The number of amides is 2. The Hall–Kier alpha value is -0.810. The van der Waals surface area contributed by atoms with E-state index >= 15 is 0 Å². The first-order valence-corrected chi connectivity index (χ1v) is 6.78. The third kappa shape index (κ3) is 5.37. The van der Waals surface area contributed by atoms with E-state index in [9.17, 15) is 9.59 Å². The molecule has 1 aliphatic carbocycles. The molecule has 0 atom stereocenters. The van der Waals surface area contributed by atoms with Crippen LogP contribution in [0.5, 0.6) is 0 Å². The lowest BCUT2D eigenvalue weighted by molar-refractivity contribution is -0.130. The van der Waals surface area contributed by atoms with Crippen LogP contribution in [0.1, 0.15) is 46.0 Å². The van der Waals surface area contributed by atoms with Gasteiger partial charge in [0.25, 0.3) is 0 Å². The molecule has 0 unspecified atom stereocenters. The van der Waals surface area contributed by atoms with Crippen LogP contribution in [0, 0.1) is 5.41 Å². The van der Waals surface area contributed by atoms with Crippen LogP contribution in [0.15, 0.2) is 0 Å². The summed E-state index contributed by atoms with van der Waals surface area (Å²) in [5.41, 5.74) is 5.35. The van der Waals surface area contributed by atoms with Crippen molar-refractivity contribution in [3.05, 3.63) is 0 Å². The molecule has 4 N–H and O–H groups in total. The molecule has 0 aromatic carbocycles. The van der Waals surface area contributed by atoms with E-state index in [1.807, 2.05) is 13.8 Å². The fourth-order valence-corrected chi connectivity index (χ4v) is 2.45. The quantitative estimate of drug-likeness (QED) is 0.681. The zero-order valence-corrected chi connectivity index (χ0v) is 12.6. The van der Waals surface area contributed by atoms with Crippen LogP contribution in [-0.4, -0.2) is 30.9 Å². The second kappa shape index (κ2) is 8.38. The number of nitrogens with one attached hydrogen (secondary N) is 2. The Kier molecular flexibility index (Phi) is 8.02. The lowest BCUT2D eigenvalue weighted by Gasteiger charge is -2.25. The molecule has 0 spiro atoms. The highest BCUT2D eigenvalue weighted by Crippen LogP contribution is 2.37. The molecule has 112 valence electrons. The molecule has 1 saturated carbocycles. The molecule has 1 fully saturated rings. The van der Waals surface area contributed by atoms with E-state index in [0.29, 0.717) is 19.5 Å². The first-order valence-electron chi connectivity index (χ1n) is 6.78. The van der Waals surface area contributed by atoms with E-state index in [4.69, 9.17) is 5.73 Å². The van der Waals surface area contributed by atoms with Gasteiger partial charge in [-0.15, -0.1) is 12.4 Å². The van der Waals surface area contributed by atoms with Crippen molar-refractivity contribution in [2.75, 3.05) is 13.1 Å². The van der Waals surface area contributed by atoms with Gasteiger partial charge in [-0.05, 0) is 26.7 Å². The summed E-state index contributed by atoms with van der Waals surface area (Å²) in [4.78, 5) is 23.5. The van der Waals surface area contributed by atoms with Crippen LogP contribution < -0.4 is 16.4 Å². The number of rotatable bonds is 6. The van der Waals surface area contributed by atoms with Crippen molar-refractivity contribution < 1.29 is 9.59 Å². The average molecular weight is 292 g/mol. The third-order valence-corrected chi connectivity index (χ3v) is 3.52. The van der Waals surface area contributed by atoms with Crippen LogP contribution in [0.3, 0.4) is 0 Å². The number of hydrogen-bond donors (Lipinski definition) is 3. The van der Waals surface area contributed by atoms with Crippen LogP contribution in [0.2, 0.25) is 0 Å². The van der Waals surface area contributed by atoms with E-state index in [0.717, 1.165) is 25.7 Å². The summed E-state index contributed by atoms with van der Waals surface area (Å²) in [7, 11) is 0. The Morgan fingerprint density at radius 2 is 1.84 bits per heavy atom. The number of carbonyl (C=O) groups is 2. The lowest BCUT2D eigenvalue weighted by atomic mass is 9.85. The molecule has 0 aromatic rings. The smallest absolute Gasteiger partial charge is 0.227 e. The van der Waals surface area contributed by atoms with Crippen molar-refractivity contribution in [3.8, 4) is 0 Å². The van der Waals surface area contributed by atoms with E-state index in [1.165, 1.54) is 0 Å². The normalized spacial score (nSPS) is 16.8. The minimum atomic E-state index is -0.380. The largest absolute Gasteiger partial charge is 0.355 e. The summed E-state index contributed by atoms with van der Waals surface area (Å²) >= 11 is 0. The van der Waals surface area contributed by atoms with E-state index in [2.05, 4.69) is 10.6 Å². The van der Waals surface area contributed by atoms with Gasteiger partial charge in [0.05, 0.1) is 5.41 Å². The SMILES string of the molecule is CC(C)NC(=O)CCNC(=O)C1(CN)CCCC1.Cl. The van der Waals surface area contributed by atoms with Crippen molar-refractivity contribution in [1.82, 2.24) is 10.6 Å². The maximum absolute atomic E-state index is 12.1. The molecule has 6 heteroatoms. The van der Waals surface area contributed by atoms with E-state index in [1.54, 1.807) is 0 Å². The Morgan fingerprint density at radius 3 is 2.32 bits per heavy atom. The highest BCUT2D eigenvalue weighted by Gasteiger charge is 2.39. The minimum absolute atomic E-state index is 0. The standard InChI is InChI=1S/C13H25N3O2.ClH/c1-10(2)16-11(17)5-8-15-12(18)13(9-14)6-3-4-7-13;/h10H,3-9,14H2,1-2H3,(H,15,18)(H,16,17);1H. The van der Waals surface area contributed by atoms with Gasteiger partial charge in [0, 0.05) is 25.6 Å². The Labute approximate surface area is 121 Å². The second-order valence-electron chi connectivity index (χ2n) is 5.42. The van der Waals surface area contributed by atoms with Gasteiger partial charge >= 0.3 is 0 Å². The fraction of sp³-hybridized carbons (Fsp3) is 0.846. The van der Waals surface area contributed by atoms with Gasteiger partial charge in [-0.1, -0.05) is 12.8 Å². The Morgan fingerprint density at radius 1 is 1.26 bits per heavy atom. The second-order valence-corrected chi connectivity index (χ2v) is 5.42. The molecule has 1 aliphatic rings. The third-order valence-electron chi connectivity index (χ3n) is 3.52. The molecule has 0 radical (unpaired) electrons. The molecule has 0 aliphatic heterocycles. The predicted octanol–water partition coefficient (Wildman–Crippen LogP) is 0.958. The number of halogens is 1. The Bertz CT molecular complexity index is 302. The molecule has 0 heterocycles. The van der Waals surface area contributed by atoms with Gasteiger partial charge in [0.2, 0.25) is 11.8 Å². The van der Waals surface area contributed by atoms with Crippen LogP contribution in [0.25, 0.3) is 0 Å². The summed E-state index contributed by atoms with van der Waals surface area (Å²) < 4.78 is 0. The summed E-state index contributed by atoms with van der Waals surface area (Å²) in [6, 6.07) is 0.137. The van der Waals surface area contributed by atoms with Crippen molar-refractivity contribution in [3.63, 3.8) is 0 Å². The van der Waals surface area contributed by atoms with Crippen molar-refractivity contribution in [1.29, 1.82) is 0 Å². The number of hydrogen-bond acceptors (Lipinski definition) is 3. The molecular weight excluding hydrogens is 266 g/mol. The molecule has 0 saturated heterocycles. The fourth-order valence-electron chi connectivity index (χ4n) is 2.45. The monoisotopic (exact) mass is 291 g/mol. The molecule has 19 heavy (non-hydrogen) atoms. The molecular formula is C13H26ClN3O2. The first-order chi connectivity index (χ1) is 8.50. The van der Waals surface area contributed by atoms with Crippen LogP contribution in [-0.2, 0) is 9.59 Å². The molecule has 0 aromatic heterocycles. The highest BCUT2D eigenvalue weighted by molar-refractivity contribution is 5.85. The van der Waals surface area contributed by atoms with Crippen LogP contribution in [0.4, 0.5) is 0 Å². The zero-order chi connectivity index (χ0) is 13.6. The molecule has 5 nitrogen and oxygen atoms in total. The van der Waals surface area contributed by atoms with Crippen molar-refractivity contribution in [2.24, 2.45) is 11.1 Å². The average Bonchev–Trinajstić information content (AvgIpc) is 2.77. The molecule has 2 amide bonds. The number of carbonyl (C=O) groups excluding carboxylic acids is 2. The topological polar surface area (TPSA) is 84.2 Å². The minimum Gasteiger partial charge on any atom is -0.355 e. The summed E-state index contributed by atoms with van der Waals surface area (Å²) in [5.74, 6) is -0.0154. The maximum atomic E-state index is 12.1. The predicted molar refractivity (Wildman–Crippen MR) is 78.1 cm³/mol. The van der Waals surface area contributed by atoms with E-state index in [-0.39, 0.29) is 35.7 Å². The van der Waals surface area contributed by atoms with Gasteiger partial charge in [0.15, 0.2) is 0 Å². The maximum Gasteiger partial charge on any atom is 0.227 e. The van der Waals surface area contributed by atoms with Gasteiger partial charge in [-0.25, -0.2) is 0 Å². The Balaban J connectivity index is 0.00000324. The number of nitrogens with two attached hydrogens (primary N) is 1. The van der Waals surface area contributed by atoms with Crippen molar-refractivity contribution in [2.45, 2.75) is 52.0 Å². The molecule has 1 rings (SSSR count). The van der Waals surface area contributed by atoms with Gasteiger partial charge in [-0.3, -0.25) is 9.59 Å². The summed E-state index contributed by atoms with van der Waals surface area (Å²) in [5, 5.41) is 5.64. The van der Waals surface area contributed by atoms with E-state index < -0.39 is 0 Å². The summed E-state index contributed by atoms with van der Waals surface area (Å²) in [6.07, 6.45) is 4.20. The van der Waals surface area contributed by atoms with Gasteiger partial charge < -0.3 is 16.4 Å².